The van der Waals surface area contributed by atoms with Crippen LogP contribution in [0.3, 0.4) is 0 Å². The number of nitrogens with two attached hydrogens (primary N) is 1. The predicted molar refractivity (Wildman–Crippen MR) is 81.1 cm³/mol. The molecule has 3 nitrogen and oxygen atoms in total. The van der Waals surface area contributed by atoms with Gasteiger partial charge < -0.3 is 11.1 Å². The van der Waals surface area contributed by atoms with E-state index in [9.17, 15) is 4.79 Å². The molecule has 0 saturated heterocycles. The summed E-state index contributed by atoms with van der Waals surface area (Å²) >= 11 is 4.80. The number of benzene rings is 1. The molecule has 0 unspecified atom stereocenters. The van der Waals surface area contributed by atoms with Gasteiger partial charge in [0, 0.05) is 21.1 Å². The van der Waals surface area contributed by atoms with E-state index in [1.807, 2.05) is 25.1 Å². The van der Waals surface area contributed by atoms with Crippen LogP contribution in [0.25, 0.3) is 10.1 Å². The molecular formula is C13H13BrN2OS. The van der Waals surface area contributed by atoms with E-state index in [1.165, 1.54) is 11.3 Å². The van der Waals surface area contributed by atoms with Gasteiger partial charge in [0.2, 0.25) is 0 Å². The van der Waals surface area contributed by atoms with E-state index in [-0.39, 0.29) is 5.91 Å². The predicted octanol–water partition coefficient (Wildman–Crippen LogP) is 3.55. The van der Waals surface area contributed by atoms with E-state index < -0.39 is 0 Å². The van der Waals surface area contributed by atoms with E-state index in [2.05, 4.69) is 27.8 Å². The highest BCUT2D eigenvalue weighted by Gasteiger charge is 2.16. The zero-order chi connectivity index (χ0) is 13.3. The minimum atomic E-state index is -0.146. The van der Waals surface area contributed by atoms with Crippen molar-refractivity contribution in [3.05, 3.63) is 39.7 Å². The van der Waals surface area contributed by atoms with Crippen molar-refractivity contribution in [2.45, 2.75) is 6.92 Å². The Morgan fingerprint density at radius 2 is 2.28 bits per heavy atom. The second kappa shape index (κ2) is 5.12. The fourth-order valence-corrected chi connectivity index (χ4v) is 2.95. The van der Waals surface area contributed by atoms with Crippen molar-refractivity contribution >= 4 is 48.9 Å². The number of halogens is 1. The molecular weight excluding hydrogens is 312 g/mol. The van der Waals surface area contributed by atoms with Crippen LogP contribution in [-0.2, 0) is 0 Å². The molecule has 5 heteroatoms. The van der Waals surface area contributed by atoms with Gasteiger partial charge in [-0.05, 0) is 25.1 Å². The molecule has 0 spiro atoms. The molecule has 1 heterocycles. The number of hydrogen-bond acceptors (Lipinski definition) is 3. The van der Waals surface area contributed by atoms with Crippen molar-refractivity contribution in [3.63, 3.8) is 0 Å². The summed E-state index contributed by atoms with van der Waals surface area (Å²) in [5.41, 5.74) is 7.47. The third kappa shape index (κ3) is 2.57. The number of carbonyl (C=O) groups is 1. The standard InChI is InChI=1S/C13H13BrN2OS/c1-7(2)6-16-13(17)12-11(15)9-5-8(14)3-4-10(9)18-12/h3-5H,1,6,15H2,2H3,(H,16,17). The maximum Gasteiger partial charge on any atom is 0.263 e. The number of anilines is 1. The van der Waals surface area contributed by atoms with Crippen molar-refractivity contribution in [1.82, 2.24) is 5.32 Å². The average Bonchev–Trinajstić information content (AvgIpc) is 2.64. The van der Waals surface area contributed by atoms with Gasteiger partial charge >= 0.3 is 0 Å². The van der Waals surface area contributed by atoms with Crippen molar-refractivity contribution in [1.29, 1.82) is 0 Å². The zero-order valence-electron chi connectivity index (χ0n) is 9.92. The topological polar surface area (TPSA) is 55.1 Å². The van der Waals surface area contributed by atoms with E-state index in [1.54, 1.807) is 0 Å². The van der Waals surface area contributed by atoms with Gasteiger partial charge in [0.15, 0.2) is 0 Å². The Bertz CT molecular complexity index is 633. The highest BCUT2D eigenvalue weighted by Crippen LogP contribution is 2.35. The fourth-order valence-electron chi connectivity index (χ4n) is 1.57. The molecule has 0 aliphatic heterocycles. The molecule has 1 amide bonds. The second-order valence-electron chi connectivity index (χ2n) is 4.13. The maximum atomic E-state index is 12.0. The Hall–Kier alpha value is -1.33. The van der Waals surface area contributed by atoms with Crippen LogP contribution in [-0.4, -0.2) is 12.5 Å². The molecule has 1 aromatic carbocycles. The molecule has 0 aliphatic carbocycles. The van der Waals surface area contributed by atoms with Gasteiger partial charge in [-0.1, -0.05) is 28.1 Å². The summed E-state index contributed by atoms with van der Waals surface area (Å²) in [6.07, 6.45) is 0. The first-order valence-corrected chi connectivity index (χ1v) is 7.00. The van der Waals surface area contributed by atoms with Gasteiger partial charge in [-0.25, -0.2) is 0 Å². The van der Waals surface area contributed by atoms with Crippen LogP contribution < -0.4 is 11.1 Å². The third-order valence-corrected chi connectivity index (χ3v) is 4.12. The number of thiophene rings is 1. The first-order chi connectivity index (χ1) is 8.49. The van der Waals surface area contributed by atoms with Gasteiger partial charge in [-0.2, -0.15) is 0 Å². The summed E-state index contributed by atoms with van der Waals surface area (Å²) in [7, 11) is 0. The summed E-state index contributed by atoms with van der Waals surface area (Å²) < 4.78 is 1.96. The highest BCUT2D eigenvalue weighted by molar-refractivity contribution is 9.10. The average molecular weight is 325 g/mol. The highest BCUT2D eigenvalue weighted by atomic mass is 79.9. The Morgan fingerprint density at radius 3 is 2.94 bits per heavy atom. The number of fused-ring (bicyclic) bond motifs is 1. The number of nitrogens with one attached hydrogen (secondary N) is 1. The molecule has 0 aliphatic rings. The SMILES string of the molecule is C=C(C)CNC(=O)c1sc2ccc(Br)cc2c1N. The lowest BCUT2D eigenvalue weighted by molar-refractivity contribution is 0.0962. The van der Waals surface area contributed by atoms with Crippen LogP contribution in [0.2, 0.25) is 0 Å². The number of rotatable bonds is 3. The van der Waals surface area contributed by atoms with E-state index >= 15 is 0 Å². The normalized spacial score (nSPS) is 10.6. The number of carbonyl (C=O) groups excluding carboxylic acids is 1. The lowest BCUT2D eigenvalue weighted by atomic mass is 10.2. The molecule has 1 aromatic heterocycles. The molecule has 18 heavy (non-hydrogen) atoms. The van der Waals surface area contributed by atoms with Gasteiger partial charge in [-0.15, -0.1) is 11.3 Å². The zero-order valence-corrected chi connectivity index (χ0v) is 12.3. The molecule has 0 saturated carbocycles. The van der Waals surface area contributed by atoms with E-state index in [0.29, 0.717) is 17.1 Å². The fraction of sp³-hybridized carbons (Fsp3) is 0.154. The third-order valence-electron chi connectivity index (χ3n) is 2.45. The van der Waals surface area contributed by atoms with Gasteiger partial charge in [-0.3, -0.25) is 4.79 Å². The smallest absolute Gasteiger partial charge is 0.263 e. The Labute approximate surface area is 118 Å². The van der Waals surface area contributed by atoms with Crippen LogP contribution in [0.5, 0.6) is 0 Å². The van der Waals surface area contributed by atoms with Crippen molar-refractivity contribution in [3.8, 4) is 0 Å². The monoisotopic (exact) mass is 324 g/mol. The number of amides is 1. The minimum Gasteiger partial charge on any atom is -0.397 e. The molecule has 0 bridgehead atoms. The van der Waals surface area contributed by atoms with E-state index in [0.717, 1.165) is 20.1 Å². The van der Waals surface area contributed by atoms with Crippen LogP contribution in [0.15, 0.2) is 34.8 Å². The lowest BCUT2D eigenvalue weighted by Gasteiger charge is -2.03. The second-order valence-corrected chi connectivity index (χ2v) is 6.09. The first kappa shape index (κ1) is 13.1. The van der Waals surface area contributed by atoms with Crippen LogP contribution in [0, 0.1) is 0 Å². The Kier molecular flexibility index (Phi) is 3.73. The van der Waals surface area contributed by atoms with Gasteiger partial charge in [0.05, 0.1) is 5.69 Å². The Balaban J connectivity index is 2.36. The first-order valence-electron chi connectivity index (χ1n) is 5.39. The maximum absolute atomic E-state index is 12.0. The van der Waals surface area contributed by atoms with Crippen molar-refractivity contribution < 1.29 is 4.79 Å². The van der Waals surface area contributed by atoms with Gasteiger partial charge in [0.1, 0.15) is 4.88 Å². The molecule has 2 aromatic rings. The molecule has 94 valence electrons. The molecule has 2 rings (SSSR count). The largest absolute Gasteiger partial charge is 0.397 e. The summed E-state index contributed by atoms with van der Waals surface area (Å²) in [5.74, 6) is -0.146. The number of hydrogen-bond donors (Lipinski definition) is 2. The van der Waals surface area contributed by atoms with Crippen molar-refractivity contribution in [2.24, 2.45) is 0 Å². The quantitative estimate of drug-likeness (QED) is 0.848. The summed E-state index contributed by atoms with van der Waals surface area (Å²) in [4.78, 5) is 12.6. The van der Waals surface area contributed by atoms with Crippen LogP contribution in [0.1, 0.15) is 16.6 Å². The molecule has 0 fully saturated rings. The van der Waals surface area contributed by atoms with Crippen LogP contribution >= 0.6 is 27.3 Å². The Morgan fingerprint density at radius 1 is 1.56 bits per heavy atom. The molecule has 3 N–H and O–H groups in total. The summed E-state index contributed by atoms with van der Waals surface area (Å²) in [5, 5.41) is 3.71. The lowest BCUT2D eigenvalue weighted by Crippen LogP contribution is -2.24. The van der Waals surface area contributed by atoms with E-state index in [4.69, 9.17) is 5.73 Å². The summed E-state index contributed by atoms with van der Waals surface area (Å²) in [6, 6.07) is 5.82. The molecule has 0 radical (unpaired) electrons. The van der Waals surface area contributed by atoms with Crippen LogP contribution in [0.4, 0.5) is 5.69 Å². The number of nitrogen functional groups attached to an aromatic ring is 1. The minimum absolute atomic E-state index is 0.146. The van der Waals surface area contributed by atoms with Crippen molar-refractivity contribution in [2.75, 3.05) is 12.3 Å². The molecule has 0 atom stereocenters. The summed E-state index contributed by atoms with van der Waals surface area (Å²) in [6.45, 7) is 6.08. The van der Waals surface area contributed by atoms with Gasteiger partial charge in [0.25, 0.3) is 5.91 Å².